The zero-order chi connectivity index (χ0) is 15.7. The molecule has 0 aliphatic rings. The number of hydrogen-bond donors (Lipinski definition) is 2. The molecule has 0 bridgehead atoms. The topological polar surface area (TPSA) is 79.6 Å². The van der Waals surface area contributed by atoms with Gasteiger partial charge in [-0.3, -0.25) is 10.1 Å². The minimum Gasteiger partial charge on any atom is -0.357 e. The SMILES string of the molecule is CCNC(=NCc1ccccc1[N+](=O)[O-])NCCC(C)C.I. The Kier molecular flexibility index (Phi) is 10.5. The summed E-state index contributed by atoms with van der Waals surface area (Å²) in [7, 11) is 0. The third kappa shape index (κ3) is 7.58. The van der Waals surface area contributed by atoms with Crippen LogP contribution in [0.15, 0.2) is 29.3 Å². The highest BCUT2D eigenvalue weighted by Gasteiger charge is 2.11. The number of guanidine groups is 1. The van der Waals surface area contributed by atoms with Gasteiger partial charge in [0.05, 0.1) is 17.0 Å². The molecule has 7 heteroatoms. The molecule has 0 saturated carbocycles. The highest BCUT2D eigenvalue weighted by Crippen LogP contribution is 2.18. The molecule has 0 heterocycles. The zero-order valence-electron chi connectivity index (χ0n) is 13.3. The molecule has 2 N–H and O–H groups in total. The third-order valence-electron chi connectivity index (χ3n) is 2.95. The Bertz CT molecular complexity index is 492. The molecule has 0 spiro atoms. The van der Waals surface area contributed by atoms with Crippen LogP contribution in [0.1, 0.15) is 32.8 Å². The van der Waals surface area contributed by atoms with E-state index in [0.29, 0.717) is 17.4 Å². The smallest absolute Gasteiger partial charge is 0.274 e. The Morgan fingerprint density at radius 2 is 2.00 bits per heavy atom. The van der Waals surface area contributed by atoms with Gasteiger partial charge in [-0.05, 0) is 19.3 Å². The van der Waals surface area contributed by atoms with Crippen LogP contribution in [0.5, 0.6) is 0 Å². The van der Waals surface area contributed by atoms with Gasteiger partial charge in [-0.15, -0.1) is 24.0 Å². The lowest BCUT2D eigenvalue weighted by atomic mass is 10.1. The average Bonchev–Trinajstić information content (AvgIpc) is 2.44. The molecule has 22 heavy (non-hydrogen) atoms. The molecule has 0 amide bonds. The second-order valence-electron chi connectivity index (χ2n) is 5.19. The van der Waals surface area contributed by atoms with Crippen LogP contribution in [0, 0.1) is 16.0 Å². The van der Waals surface area contributed by atoms with E-state index in [1.165, 1.54) is 6.07 Å². The molecule has 0 unspecified atom stereocenters. The maximum atomic E-state index is 11.0. The summed E-state index contributed by atoms with van der Waals surface area (Å²) in [5.74, 6) is 1.31. The predicted octanol–water partition coefficient (Wildman–Crippen LogP) is 3.31. The van der Waals surface area contributed by atoms with Crippen molar-refractivity contribution in [3.8, 4) is 0 Å². The monoisotopic (exact) mass is 420 g/mol. The van der Waals surface area contributed by atoms with Gasteiger partial charge in [0.2, 0.25) is 0 Å². The summed E-state index contributed by atoms with van der Waals surface area (Å²) in [5, 5.41) is 17.3. The molecular formula is C15H25IN4O2. The average molecular weight is 420 g/mol. The molecule has 1 aromatic carbocycles. The summed E-state index contributed by atoms with van der Waals surface area (Å²) in [5.41, 5.74) is 0.725. The van der Waals surface area contributed by atoms with Crippen LogP contribution in [0.4, 0.5) is 5.69 Å². The molecule has 0 atom stereocenters. The van der Waals surface area contributed by atoms with Gasteiger partial charge >= 0.3 is 0 Å². The normalized spacial score (nSPS) is 11.0. The minimum absolute atomic E-state index is 0. The van der Waals surface area contributed by atoms with Gasteiger partial charge in [0.1, 0.15) is 0 Å². The fraction of sp³-hybridized carbons (Fsp3) is 0.533. The maximum Gasteiger partial charge on any atom is 0.274 e. The van der Waals surface area contributed by atoms with Crippen molar-refractivity contribution in [2.24, 2.45) is 10.9 Å². The van der Waals surface area contributed by atoms with Crippen LogP contribution in [-0.2, 0) is 6.54 Å². The predicted molar refractivity (Wildman–Crippen MR) is 101 cm³/mol. The number of nitrogens with one attached hydrogen (secondary N) is 2. The summed E-state index contributed by atoms with van der Waals surface area (Å²) >= 11 is 0. The van der Waals surface area contributed by atoms with Crippen molar-refractivity contribution in [3.05, 3.63) is 39.9 Å². The van der Waals surface area contributed by atoms with Gasteiger partial charge in [0, 0.05) is 19.2 Å². The Balaban J connectivity index is 0.00000441. The molecule has 6 nitrogen and oxygen atoms in total. The summed E-state index contributed by atoms with van der Waals surface area (Å²) in [6.07, 6.45) is 1.05. The Morgan fingerprint density at radius 1 is 1.32 bits per heavy atom. The van der Waals surface area contributed by atoms with E-state index in [1.807, 2.05) is 6.92 Å². The lowest BCUT2D eigenvalue weighted by Crippen LogP contribution is -2.38. The highest BCUT2D eigenvalue weighted by molar-refractivity contribution is 14.0. The summed E-state index contributed by atoms with van der Waals surface area (Å²) in [6, 6.07) is 6.69. The molecule has 0 radical (unpaired) electrons. The number of benzene rings is 1. The maximum absolute atomic E-state index is 11.0. The molecule has 0 fully saturated rings. The van der Waals surface area contributed by atoms with Gasteiger partial charge in [-0.2, -0.15) is 0 Å². The van der Waals surface area contributed by atoms with Crippen molar-refractivity contribution in [3.63, 3.8) is 0 Å². The van der Waals surface area contributed by atoms with Crippen molar-refractivity contribution < 1.29 is 4.92 Å². The molecule has 0 aliphatic carbocycles. The number of nitro benzene ring substituents is 1. The van der Waals surface area contributed by atoms with Gasteiger partial charge < -0.3 is 10.6 Å². The van der Waals surface area contributed by atoms with Crippen molar-refractivity contribution >= 4 is 35.6 Å². The van der Waals surface area contributed by atoms with Gasteiger partial charge in [0.25, 0.3) is 5.69 Å². The quantitative estimate of drug-likeness (QED) is 0.233. The first kappa shape index (κ1) is 20.6. The first-order valence-electron chi connectivity index (χ1n) is 7.29. The summed E-state index contributed by atoms with van der Waals surface area (Å²) in [4.78, 5) is 15.0. The van der Waals surface area contributed by atoms with Gasteiger partial charge in [0.15, 0.2) is 5.96 Å². The number of nitrogens with zero attached hydrogens (tertiary/aromatic N) is 2. The van der Waals surface area contributed by atoms with E-state index in [-0.39, 0.29) is 41.1 Å². The molecule has 1 aromatic rings. The minimum atomic E-state index is -0.371. The van der Waals surface area contributed by atoms with Gasteiger partial charge in [-0.25, -0.2) is 4.99 Å². The Hall–Kier alpha value is -1.38. The second kappa shape index (κ2) is 11.2. The van der Waals surface area contributed by atoms with E-state index in [9.17, 15) is 10.1 Å². The number of nitro groups is 1. The number of rotatable bonds is 7. The fourth-order valence-corrected chi connectivity index (χ4v) is 1.81. The van der Waals surface area contributed by atoms with Crippen LogP contribution >= 0.6 is 24.0 Å². The fourth-order valence-electron chi connectivity index (χ4n) is 1.81. The number of halogens is 1. The summed E-state index contributed by atoms with van der Waals surface area (Å²) < 4.78 is 0. The van der Waals surface area contributed by atoms with Crippen LogP contribution in [0.25, 0.3) is 0 Å². The standard InChI is InChI=1S/C15H24N4O2.HI/c1-4-16-15(17-10-9-12(2)3)18-11-13-7-5-6-8-14(13)19(20)21;/h5-8,12H,4,9-11H2,1-3H3,(H2,16,17,18);1H. The largest absolute Gasteiger partial charge is 0.357 e. The Labute approximate surface area is 149 Å². The number of para-hydroxylation sites is 1. The Morgan fingerprint density at radius 3 is 2.59 bits per heavy atom. The van der Waals surface area contributed by atoms with E-state index in [4.69, 9.17) is 0 Å². The molecule has 0 aromatic heterocycles. The highest BCUT2D eigenvalue weighted by atomic mass is 127. The summed E-state index contributed by atoms with van der Waals surface area (Å²) in [6.45, 7) is 8.20. The first-order valence-corrected chi connectivity index (χ1v) is 7.29. The third-order valence-corrected chi connectivity index (χ3v) is 2.95. The molecular weight excluding hydrogens is 395 g/mol. The van der Waals surface area contributed by atoms with E-state index in [1.54, 1.807) is 18.2 Å². The van der Waals surface area contributed by atoms with Gasteiger partial charge in [-0.1, -0.05) is 32.0 Å². The number of hydrogen-bond acceptors (Lipinski definition) is 3. The number of aliphatic imine (C=N–C) groups is 1. The van der Waals surface area contributed by atoms with Crippen molar-refractivity contribution in [1.82, 2.24) is 10.6 Å². The lowest BCUT2D eigenvalue weighted by Gasteiger charge is -2.12. The molecule has 1 rings (SSSR count). The van der Waals surface area contributed by atoms with Crippen LogP contribution in [0.3, 0.4) is 0 Å². The molecule has 0 saturated heterocycles. The van der Waals surface area contributed by atoms with E-state index in [2.05, 4.69) is 29.5 Å². The second-order valence-corrected chi connectivity index (χ2v) is 5.19. The van der Waals surface area contributed by atoms with Crippen molar-refractivity contribution in [1.29, 1.82) is 0 Å². The van der Waals surface area contributed by atoms with Crippen molar-refractivity contribution in [2.45, 2.75) is 33.7 Å². The lowest BCUT2D eigenvalue weighted by molar-refractivity contribution is -0.385. The molecule has 124 valence electrons. The van der Waals surface area contributed by atoms with Crippen LogP contribution < -0.4 is 10.6 Å². The first-order chi connectivity index (χ1) is 10.0. The van der Waals surface area contributed by atoms with E-state index >= 15 is 0 Å². The molecule has 0 aliphatic heterocycles. The van der Waals surface area contributed by atoms with E-state index in [0.717, 1.165) is 19.5 Å². The van der Waals surface area contributed by atoms with Crippen molar-refractivity contribution in [2.75, 3.05) is 13.1 Å². The van der Waals surface area contributed by atoms with Crippen LogP contribution in [-0.4, -0.2) is 24.0 Å². The van der Waals surface area contributed by atoms with Crippen LogP contribution in [0.2, 0.25) is 0 Å². The van der Waals surface area contributed by atoms with E-state index < -0.39 is 0 Å². The zero-order valence-corrected chi connectivity index (χ0v) is 15.7.